The van der Waals surface area contributed by atoms with Crippen LogP contribution >= 0.6 is 11.8 Å². The third-order valence-corrected chi connectivity index (χ3v) is 5.62. The summed E-state index contributed by atoms with van der Waals surface area (Å²) in [7, 11) is 0. The topological polar surface area (TPSA) is 91.4 Å². The Bertz CT molecular complexity index is 1150. The van der Waals surface area contributed by atoms with Gasteiger partial charge in [-0.3, -0.25) is 9.59 Å². The molecule has 0 amide bonds. The van der Waals surface area contributed by atoms with Crippen molar-refractivity contribution >= 4 is 29.3 Å². The van der Waals surface area contributed by atoms with Gasteiger partial charge in [-0.25, -0.2) is 9.50 Å². The van der Waals surface area contributed by atoms with E-state index in [2.05, 4.69) is 21.6 Å². The normalized spacial score (nSPS) is 11.1. The zero-order valence-electron chi connectivity index (χ0n) is 17.9. The molecular formula is C21H25N5O3S. The van der Waals surface area contributed by atoms with Gasteiger partial charge in [0.1, 0.15) is 0 Å². The summed E-state index contributed by atoms with van der Waals surface area (Å²) in [4.78, 5) is 33.8. The maximum Gasteiger partial charge on any atom is 0.310 e. The number of carbonyl (C=O) groups is 2. The highest BCUT2D eigenvalue weighted by atomic mass is 32.2. The Kier molecular flexibility index (Phi) is 6.40. The highest BCUT2D eigenvalue weighted by Gasteiger charge is 2.19. The fourth-order valence-corrected chi connectivity index (χ4v) is 3.78. The summed E-state index contributed by atoms with van der Waals surface area (Å²) in [5, 5.41) is 4.99. The SMILES string of the molecule is C=CCn1c(C)cc(C(=O)COC(=O)Cc2c(C)nc3nc(SC)nn3c2C)c1C. The maximum atomic E-state index is 12.6. The number of thioether (sulfide) groups is 1. The smallest absolute Gasteiger partial charge is 0.310 e. The quantitative estimate of drug-likeness (QED) is 0.236. The fourth-order valence-electron chi connectivity index (χ4n) is 3.44. The number of ketones is 1. The van der Waals surface area contributed by atoms with E-state index in [1.807, 2.05) is 44.6 Å². The highest BCUT2D eigenvalue weighted by Crippen LogP contribution is 2.18. The van der Waals surface area contributed by atoms with Crippen molar-refractivity contribution in [2.45, 2.75) is 45.8 Å². The van der Waals surface area contributed by atoms with Gasteiger partial charge in [0, 0.05) is 40.4 Å². The Labute approximate surface area is 179 Å². The molecule has 8 nitrogen and oxygen atoms in total. The third kappa shape index (κ3) is 4.16. The van der Waals surface area contributed by atoms with Crippen LogP contribution in [0.25, 0.3) is 5.78 Å². The van der Waals surface area contributed by atoms with Gasteiger partial charge in [-0.15, -0.1) is 11.7 Å². The van der Waals surface area contributed by atoms with Crippen molar-refractivity contribution in [2.24, 2.45) is 0 Å². The molecule has 0 aliphatic rings. The van der Waals surface area contributed by atoms with E-state index in [9.17, 15) is 9.59 Å². The van der Waals surface area contributed by atoms with E-state index in [0.29, 0.717) is 28.7 Å². The van der Waals surface area contributed by atoms with Crippen LogP contribution in [-0.4, -0.2) is 48.8 Å². The number of esters is 1. The van der Waals surface area contributed by atoms with Crippen LogP contribution in [-0.2, 0) is 22.5 Å². The maximum absolute atomic E-state index is 12.6. The predicted molar refractivity (Wildman–Crippen MR) is 115 cm³/mol. The number of rotatable bonds is 8. The second kappa shape index (κ2) is 8.83. The Morgan fingerprint density at radius 2 is 1.93 bits per heavy atom. The molecule has 0 bridgehead atoms. The molecule has 0 radical (unpaired) electrons. The van der Waals surface area contributed by atoms with Crippen molar-refractivity contribution in [1.29, 1.82) is 0 Å². The summed E-state index contributed by atoms with van der Waals surface area (Å²) in [5.41, 5.74) is 4.56. The number of aryl methyl sites for hydroxylation is 3. The lowest BCUT2D eigenvalue weighted by atomic mass is 10.1. The summed E-state index contributed by atoms with van der Waals surface area (Å²) in [6.45, 7) is 11.6. The number of fused-ring (bicyclic) bond motifs is 1. The van der Waals surface area contributed by atoms with E-state index in [1.165, 1.54) is 11.8 Å². The van der Waals surface area contributed by atoms with Crippen LogP contribution in [0.2, 0.25) is 0 Å². The van der Waals surface area contributed by atoms with Crippen molar-refractivity contribution in [3.8, 4) is 0 Å². The molecule has 0 spiro atoms. The van der Waals surface area contributed by atoms with Crippen molar-refractivity contribution in [3.05, 3.63) is 52.6 Å². The molecule has 0 N–H and O–H groups in total. The van der Waals surface area contributed by atoms with Gasteiger partial charge in [-0.05, 0) is 40.0 Å². The monoisotopic (exact) mass is 427 g/mol. The molecule has 3 aromatic heterocycles. The van der Waals surface area contributed by atoms with Crippen LogP contribution in [0, 0.1) is 27.7 Å². The van der Waals surface area contributed by atoms with Gasteiger partial charge < -0.3 is 9.30 Å². The standard InChI is InChI=1S/C21H25N5O3S/c1-7-8-25-12(2)9-17(14(25)4)18(27)11-29-19(28)10-16-13(3)22-20-23-21(30-6)24-26(20)15(16)5/h7,9H,1,8,10-11H2,2-6H3. The molecule has 30 heavy (non-hydrogen) atoms. The number of aromatic nitrogens is 5. The number of allylic oxidation sites excluding steroid dienone is 1. The van der Waals surface area contributed by atoms with Gasteiger partial charge in [-0.1, -0.05) is 17.8 Å². The van der Waals surface area contributed by atoms with E-state index in [1.54, 1.807) is 10.6 Å². The van der Waals surface area contributed by atoms with E-state index in [0.717, 1.165) is 22.6 Å². The number of hydrogen-bond donors (Lipinski definition) is 0. The minimum atomic E-state index is -0.485. The van der Waals surface area contributed by atoms with Crippen molar-refractivity contribution in [1.82, 2.24) is 24.1 Å². The first-order valence-electron chi connectivity index (χ1n) is 9.50. The minimum Gasteiger partial charge on any atom is -0.457 e. The molecule has 0 aliphatic heterocycles. The summed E-state index contributed by atoms with van der Waals surface area (Å²) < 4.78 is 8.90. The Morgan fingerprint density at radius 1 is 1.20 bits per heavy atom. The first-order chi connectivity index (χ1) is 14.3. The summed E-state index contributed by atoms with van der Waals surface area (Å²) in [6, 6.07) is 1.81. The molecule has 0 aromatic carbocycles. The first-order valence-corrected chi connectivity index (χ1v) is 10.7. The minimum absolute atomic E-state index is 0.0117. The van der Waals surface area contributed by atoms with Gasteiger partial charge >= 0.3 is 5.97 Å². The Morgan fingerprint density at radius 3 is 2.60 bits per heavy atom. The first kappa shape index (κ1) is 21.8. The lowest BCUT2D eigenvalue weighted by Gasteiger charge is -2.10. The molecular weight excluding hydrogens is 402 g/mol. The van der Waals surface area contributed by atoms with Crippen LogP contribution in [0.3, 0.4) is 0 Å². The average Bonchev–Trinajstić information content (AvgIpc) is 3.25. The number of carbonyl (C=O) groups excluding carboxylic acids is 2. The molecule has 3 aromatic rings. The van der Waals surface area contributed by atoms with Crippen molar-refractivity contribution in [2.75, 3.05) is 12.9 Å². The number of Topliss-reactive ketones (excluding diaryl/α,β-unsaturated/α-hetero) is 1. The molecule has 158 valence electrons. The molecule has 3 heterocycles. The fraction of sp³-hybridized carbons (Fsp3) is 0.381. The molecule has 0 aliphatic carbocycles. The van der Waals surface area contributed by atoms with E-state index in [-0.39, 0.29) is 18.8 Å². The Hall–Kier alpha value is -2.94. The van der Waals surface area contributed by atoms with Gasteiger partial charge in [0.2, 0.25) is 10.9 Å². The van der Waals surface area contributed by atoms with Crippen molar-refractivity contribution in [3.63, 3.8) is 0 Å². The third-order valence-electron chi connectivity index (χ3n) is 5.08. The van der Waals surface area contributed by atoms with Crippen LogP contribution in [0.1, 0.15) is 38.7 Å². The zero-order chi connectivity index (χ0) is 22.0. The molecule has 0 unspecified atom stereocenters. The van der Waals surface area contributed by atoms with Crippen LogP contribution in [0.4, 0.5) is 0 Å². The lowest BCUT2D eigenvalue weighted by Crippen LogP contribution is -2.18. The van der Waals surface area contributed by atoms with Crippen LogP contribution in [0.15, 0.2) is 23.9 Å². The number of nitrogens with zero attached hydrogens (tertiary/aromatic N) is 5. The number of ether oxygens (including phenoxy) is 1. The van der Waals surface area contributed by atoms with Gasteiger partial charge in [-0.2, -0.15) is 4.98 Å². The van der Waals surface area contributed by atoms with Crippen LogP contribution in [0.5, 0.6) is 0 Å². The summed E-state index contributed by atoms with van der Waals surface area (Å²) in [6.07, 6.45) is 3.68. The summed E-state index contributed by atoms with van der Waals surface area (Å²) >= 11 is 1.43. The van der Waals surface area contributed by atoms with Crippen LogP contribution < -0.4 is 0 Å². The van der Waals surface area contributed by atoms with E-state index in [4.69, 9.17) is 4.74 Å². The molecule has 3 rings (SSSR count). The van der Waals surface area contributed by atoms with Crippen molar-refractivity contribution < 1.29 is 14.3 Å². The number of hydrogen-bond acceptors (Lipinski definition) is 7. The predicted octanol–water partition coefficient (Wildman–Crippen LogP) is 3.04. The van der Waals surface area contributed by atoms with E-state index >= 15 is 0 Å². The molecule has 9 heteroatoms. The van der Waals surface area contributed by atoms with Gasteiger partial charge in [0.15, 0.2) is 6.61 Å². The molecule has 0 fully saturated rings. The Balaban J connectivity index is 1.71. The lowest BCUT2D eigenvalue weighted by molar-refractivity contribution is -0.141. The highest BCUT2D eigenvalue weighted by molar-refractivity contribution is 7.98. The summed E-state index contributed by atoms with van der Waals surface area (Å²) in [5.74, 6) is -0.216. The molecule has 0 saturated heterocycles. The zero-order valence-corrected chi connectivity index (χ0v) is 18.7. The second-order valence-corrected chi connectivity index (χ2v) is 7.79. The van der Waals surface area contributed by atoms with E-state index < -0.39 is 5.97 Å². The van der Waals surface area contributed by atoms with Gasteiger partial charge in [0.05, 0.1) is 6.42 Å². The molecule has 0 saturated carbocycles. The van der Waals surface area contributed by atoms with Gasteiger partial charge in [0.25, 0.3) is 5.78 Å². The molecule has 0 atom stereocenters. The largest absolute Gasteiger partial charge is 0.457 e. The second-order valence-electron chi connectivity index (χ2n) is 7.02. The average molecular weight is 428 g/mol.